The number of sulfone groups is 1. The largest absolute Gasteiger partial charge is 0.386 e. The first-order valence-corrected chi connectivity index (χ1v) is 8.07. The van der Waals surface area contributed by atoms with Gasteiger partial charge in [-0.2, -0.15) is 0 Å². The van der Waals surface area contributed by atoms with E-state index in [1.165, 1.54) is 31.2 Å². The van der Waals surface area contributed by atoms with Crippen molar-refractivity contribution >= 4 is 25.8 Å². The van der Waals surface area contributed by atoms with E-state index in [0.29, 0.717) is 5.56 Å². The van der Waals surface area contributed by atoms with Crippen LogP contribution in [-0.2, 0) is 9.84 Å². The van der Waals surface area contributed by atoms with Crippen LogP contribution in [0.5, 0.6) is 0 Å². The average molecular weight is 339 g/mol. The topological polar surface area (TPSA) is 54.4 Å². The van der Waals surface area contributed by atoms with Crippen LogP contribution in [-0.4, -0.2) is 22.9 Å². The first-order valence-electron chi connectivity index (χ1n) is 5.63. The molecule has 0 saturated heterocycles. The number of aliphatic hydroxyl groups excluding tert-OH is 1. The molecule has 0 aliphatic rings. The van der Waals surface area contributed by atoms with Gasteiger partial charge < -0.3 is 5.11 Å². The number of aliphatic hydroxyl groups is 1. The van der Waals surface area contributed by atoms with Crippen LogP contribution in [0.25, 0.3) is 0 Å². The summed E-state index contributed by atoms with van der Waals surface area (Å²) < 4.78 is 35.5. The Bertz CT molecular complexity index is 501. The van der Waals surface area contributed by atoms with E-state index < -0.39 is 25.4 Å². The van der Waals surface area contributed by atoms with Crippen molar-refractivity contribution in [1.82, 2.24) is 0 Å². The van der Waals surface area contributed by atoms with Gasteiger partial charge in [-0.15, -0.1) is 0 Å². The zero-order valence-electron chi connectivity index (χ0n) is 10.2. The molecule has 0 amide bonds. The van der Waals surface area contributed by atoms with Gasteiger partial charge in [-0.05, 0) is 24.1 Å². The lowest BCUT2D eigenvalue weighted by atomic mass is 10.0. The minimum Gasteiger partial charge on any atom is -0.386 e. The van der Waals surface area contributed by atoms with Crippen LogP contribution in [0.1, 0.15) is 31.9 Å². The summed E-state index contributed by atoms with van der Waals surface area (Å²) >= 11 is 3.16. The Balaban J connectivity index is 3.21. The molecule has 18 heavy (non-hydrogen) atoms. The highest BCUT2D eigenvalue weighted by atomic mass is 79.9. The van der Waals surface area contributed by atoms with Crippen molar-refractivity contribution in [1.29, 1.82) is 0 Å². The fourth-order valence-corrected chi connectivity index (χ4v) is 4.06. The second kappa shape index (κ2) is 5.67. The molecule has 6 heteroatoms. The molecule has 2 atom stereocenters. The molecule has 0 saturated carbocycles. The van der Waals surface area contributed by atoms with E-state index in [2.05, 4.69) is 15.9 Å². The van der Waals surface area contributed by atoms with E-state index >= 15 is 0 Å². The Kier molecular flexibility index (Phi) is 4.91. The molecule has 0 bridgehead atoms. The molecule has 102 valence electrons. The molecule has 0 aromatic heterocycles. The molecular weight excluding hydrogens is 323 g/mol. The van der Waals surface area contributed by atoms with Crippen molar-refractivity contribution in [2.45, 2.75) is 30.0 Å². The molecule has 0 aliphatic carbocycles. The maximum absolute atomic E-state index is 12.8. The third-order valence-electron chi connectivity index (χ3n) is 2.97. The van der Waals surface area contributed by atoms with E-state index in [-0.39, 0.29) is 12.2 Å². The molecule has 0 radical (unpaired) electrons. The van der Waals surface area contributed by atoms with Crippen LogP contribution in [0.3, 0.4) is 0 Å². The molecule has 1 aromatic carbocycles. The lowest BCUT2D eigenvalue weighted by Gasteiger charge is -2.31. The highest BCUT2D eigenvalue weighted by Crippen LogP contribution is 2.41. The summed E-state index contributed by atoms with van der Waals surface area (Å²) in [5.41, 5.74) is 0.368. The van der Waals surface area contributed by atoms with Gasteiger partial charge in [-0.1, -0.05) is 41.9 Å². The highest BCUT2D eigenvalue weighted by Gasteiger charge is 2.45. The van der Waals surface area contributed by atoms with Crippen molar-refractivity contribution in [2.75, 3.05) is 5.75 Å². The molecule has 0 heterocycles. The van der Waals surface area contributed by atoms with Gasteiger partial charge in [0.1, 0.15) is 11.9 Å². The normalized spacial score (nSPS) is 17.2. The second-order valence-electron chi connectivity index (χ2n) is 4.00. The standard InChI is InChI=1S/C12H16BrFO3S/c1-3-12(13,18(16,17)4-2)11(15)9-5-7-10(14)8-6-9/h5-8,11,15H,3-4H2,1-2H3/t11-,12+/m0/s1. The van der Waals surface area contributed by atoms with E-state index in [9.17, 15) is 17.9 Å². The van der Waals surface area contributed by atoms with Crippen LogP contribution >= 0.6 is 15.9 Å². The molecule has 0 spiro atoms. The molecule has 0 aliphatic heterocycles. The summed E-state index contributed by atoms with van der Waals surface area (Å²) in [5.74, 6) is -0.509. The second-order valence-corrected chi connectivity index (χ2v) is 8.47. The van der Waals surface area contributed by atoms with Gasteiger partial charge in [0.25, 0.3) is 0 Å². The van der Waals surface area contributed by atoms with Crippen molar-refractivity contribution < 1.29 is 17.9 Å². The maximum atomic E-state index is 12.8. The first kappa shape index (κ1) is 15.6. The van der Waals surface area contributed by atoms with Gasteiger partial charge >= 0.3 is 0 Å². The molecular formula is C12H16BrFO3S. The zero-order chi connectivity index (χ0) is 14.0. The number of hydrogen-bond acceptors (Lipinski definition) is 3. The summed E-state index contributed by atoms with van der Waals surface area (Å²) in [6.07, 6.45) is -1.03. The Morgan fingerprint density at radius 2 is 1.83 bits per heavy atom. The minimum absolute atomic E-state index is 0.0790. The predicted octanol–water partition coefficient (Wildman–Crippen LogP) is 2.80. The number of rotatable bonds is 5. The monoisotopic (exact) mass is 338 g/mol. The molecule has 1 aromatic rings. The van der Waals surface area contributed by atoms with Crippen molar-refractivity contribution in [3.05, 3.63) is 35.6 Å². The average Bonchev–Trinajstić information content (AvgIpc) is 2.37. The molecule has 3 nitrogen and oxygen atoms in total. The van der Waals surface area contributed by atoms with Crippen LogP contribution in [0, 0.1) is 5.82 Å². The van der Waals surface area contributed by atoms with Gasteiger partial charge in [0.05, 0.1) is 0 Å². The van der Waals surface area contributed by atoms with Gasteiger partial charge in [0.15, 0.2) is 13.5 Å². The molecule has 0 fully saturated rings. The van der Waals surface area contributed by atoms with Crippen molar-refractivity contribution in [3.63, 3.8) is 0 Å². The number of benzene rings is 1. The molecule has 0 unspecified atom stereocenters. The van der Waals surface area contributed by atoms with E-state index in [1.54, 1.807) is 6.92 Å². The van der Waals surface area contributed by atoms with Crippen molar-refractivity contribution in [2.24, 2.45) is 0 Å². The number of halogens is 2. The van der Waals surface area contributed by atoms with E-state index in [1.807, 2.05) is 0 Å². The minimum atomic E-state index is -3.49. The Morgan fingerprint density at radius 1 is 1.33 bits per heavy atom. The maximum Gasteiger partial charge on any atom is 0.168 e. The van der Waals surface area contributed by atoms with Crippen LogP contribution in [0.2, 0.25) is 0 Å². The summed E-state index contributed by atoms with van der Waals surface area (Å²) in [5, 5.41) is 10.2. The highest BCUT2D eigenvalue weighted by molar-refractivity contribution is 9.11. The van der Waals surface area contributed by atoms with Crippen LogP contribution in [0.4, 0.5) is 4.39 Å². The number of hydrogen-bond donors (Lipinski definition) is 1. The quantitative estimate of drug-likeness (QED) is 0.840. The Hall–Kier alpha value is -0.460. The lowest BCUT2D eigenvalue weighted by molar-refractivity contribution is 0.160. The van der Waals surface area contributed by atoms with Gasteiger partial charge in [-0.25, -0.2) is 12.8 Å². The van der Waals surface area contributed by atoms with E-state index in [0.717, 1.165) is 0 Å². The van der Waals surface area contributed by atoms with Crippen LogP contribution in [0.15, 0.2) is 24.3 Å². The SMILES string of the molecule is CC[C@](Br)([C@@H](O)c1ccc(F)cc1)S(=O)(=O)CC. The van der Waals surface area contributed by atoms with Gasteiger partial charge in [-0.3, -0.25) is 0 Å². The lowest BCUT2D eigenvalue weighted by Crippen LogP contribution is -2.39. The third kappa shape index (κ3) is 2.75. The zero-order valence-corrected chi connectivity index (χ0v) is 12.6. The smallest absolute Gasteiger partial charge is 0.168 e. The molecule has 1 rings (SSSR count). The fourth-order valence-electron chi connectivity index (χ4n) is 1.72. The fraction of sp³-hybridized carbons (Fsp3) is 0.500. The van der Waals surface area contributed by atoms with Gasteiger partial charge in [0.2, 0.25) is 0 Å². The predicted molar refractivity (Wildman–Crippen MR) is 72.8 cm³/mol. The van der Waals surface area contributed by atoms with E-state index in [4.69, 9.17) is 0 Å². The Morgan fingerprint density at radius 3 is 2.22 bits per heavy atom. The number of alkyl halides is 1. The Labute approximate surface area is 115 Å². The third-order valence-corrected chi connectivity index (χ3v) is 7.75. The summed E-state index contributed by atoms with van der Waals surface area (Å²) in [4.78, 5) is 0. The summed E-state index contributed by atoms with van der Waals surface area (Å²) in [6, 6.07) is 5.16. The summed E-state index contributed by atoms with van der Waals surface area (Å²) in [6.45, 7) is 3.20. The van der Waals surface area contributed by atoms with Crippen LogP contribution < -0.4 is 0 Å². The first-order chi connectivity index (χ1) is 8.28. The van der Waals surface area contributed by atoms with Gasteiger partial charge in [0, 0.05) is 5.75 Å². The molecule has 1 N–H and O–H groups in total. The summed E-state index contributed by atoms with van der Waals surface area (Å²) in [7, 11) is -3.49. The van der Waals surface area contributed by atoms with Crippen molar-refractivity contribution in [3.8, 4) is 0 Å².